The maximum absolute atomic E-state index is 12.5. The Morgan fingerprint density at radius 3 is 2.55 bits per heavy atom. The Hall–Kier alpha value is -1.55. The van der Waals surface area contributed by atoms with Gasteiger partial charge in [0.2, 0.25) is 0 Å². The first-order chi connectivity index (χ1) is 10.4. The van der Waals surface area contributed by atoms with E-state index in [1.807, 2.05) is 31.7 Å². The van der Waals surface area contributed by atoms with E-state index in [4.69, 9.17) is 4.74 Å². The molecule has 0 unspecified atom stereocenters. The van der Waals surface area contributed by atoms with Gasteiger partial charge in [0.1, 0.15) is 5.60 Å². The molecule has 2 aliphatic heterocycles. The number of amides is 1. The van der Waals surface area contributed by atoms with Crippen molar-refractivity contribution in [2.75, 3.05) is 13.1 Å². The standard InChI is InChI=1S/C18H26N2O2/c1-18(2,3)22-17(21)20-12-10-15-9-11-19(16(15)20)13-14-7-5-4-6-8-14/h4-8,15-16H,9-13H2,1-3H3/t15-,16+/m1/s1. The molecule has 2 aliphatic rings. The first kappa shape index (κ1) is 15.3. The number of benzene rings is 1. The van der Waals surface area contributed by atoms with Crippen LogP contribution in [-0.2, 0) is 11.3 Å². The Labute approximate surface area is 133 Å². The molecule has 0 spiro atoms. The van der Waals surface area contributed by atoms with Crippen molar-refractivity contribution in [2.45, 2.75) is 51.9 Å². The third kappa shape index (κ3) is 3.27. The topological polar surface area (TPSA) is 32.8 Å². The number of ether oxygens (including phenoxy) is 1. The van der Waals surface area contributed by atoms with Crippen LogP contribution in [0, 0.1) is 5.92 Å². The highest BCUT2D eigenvalue weighted by Gasteiger charge is 2.45. The van der Waals surface area contributed by atoms with Crippen LogP contribution in [-0.4, -0.2) is 40.7 Å². The summed E-state index contributed by atoms with van der Waals surface area (Å²) in [6.07, 6.45) is 2.31. The van der Waals surface area contributed by atoms with Gasteiger partial charge in [0, 0.05) is 19.6 Å². The highest BCUT2D eigenvalue weighted by molar-refractivity contribution is 5.69. The van der Waals surface area contributed by atoms with Crippen LogP contribution in [0.1, 0.15) is 39.2 Å². The Balaban J connectivity index is 1.71. The maximum atomic E-state index is 12.5. The zero-order chi connectivity index (χ0) is 15.7. The largest absolute Gasteiger partial charge is 0.444 e. The first-order valence-electron chi connectivity index (χ1n) is 8.22. The zero-order valence-corrected chi connectivity index (χ0v) is 13.8. The second-order valence-corrected chi connectivity index (χ2v) is 7.38. The fourth-order valence-electron chi connectivity index (χ4n) is 3.60. The van der Waals surface area contributed by atoms with Gasteiger partial charge >= 0.3 is 6.09 Å². The molecule has 0 bridgehead atoms. The quantitative estimate of drug-likeness (QED) is 0.838. The molecule has 0 aromatic heterocycles. The molecule has 3 rings (SSSR count). The molecule has 4 nitrogen and oxygen atoms in total. The molecule has 0 radical (unpaired) electrons. The van der Waals surface area contributed by atoms with Crippen molar-refractivity contribution in [1.82, 2.24) is 9.80 Å². The van der Waals surface area contributed by atoms with Gasteiger partial charge in [0.25, 0.3) is 0 Å². The molecule has 2 saturated heterocycles. The summed E-state index contributed by atoms with van der Waals surface area (Å²) in [5, 5.41) is 0. The van der Waals surface area contributed by atoms with Gasteiger partial charge < -0.3 is 4.74 Å². The molecular weight excluding hydrogens is 276 g/mol. The van der Waals surface area contributed by atoms with Crippen molar-refractivity contribution in [2.24, 2.45) is 5.92 Å². The molecule has 0 saturated carbocycles. The number of carbonyl (C=O) groups is 1. The number of rotatable bonds is 2. The second-order valence-electron chi connectivity index (χ2n) is 7.38. The van der Waals surface area contributed by atoms with Crippen molar-refractivity contribution in [3.8, 4) is 0 Å². The molecule has 0 N–H and O–H groups in total. The van der Waals surface area contributed by atoms with Gasteiger partial charge in [-0.1, -0.05) is 30.3 Å². The van der Waals surface area contributed by atoms with E-state index >= 15 is 0 Å². The molecule has 2 atom stereocenters. The van der Waals surface area contributed by atoms with E-state index < -0.39 is 5.60 Å². The second kappa shape index (κ2) is 5.92. The van der Waals surface area contributed by atoms with Gasteiger partial charge in [-0.15, -0.1) is 0 Å². The lowest BCUT2D eigenvalue weighted by Crippen LogP contribution is -2.47. The number of fused-ring (bicyclic) bond motifs is 1. The van der Waals surface area contributed by atoms with Gasteiger partial charge in [-0.05, 0) is 45.1 Å². The first-order valence-corrected chi connectivity index (χ1v) is 8.22. The smallest absolute Gasteiger partial charge is 0.411 e. The monoisotopic (exact) mass is 302 g/mol. The van der Waals surface area contributed by atoms with Crippen molar-refractivity contribution >= 4 is 6.09 Å². The lowest BCUT2D eigenvalue weighted by atomic mass is 10.1. The molecule has 2 heterocycles. The van der Waals surface area contributed by atoms with Crippen LogP contribution < -0.4 is 0 Å². The average Bonchev–Trinajstić information content (AvgIpc) is 3.01. The van der Waals surface area contributed by atoms with E-state index in [-0.39, 0.29) is 12.3 Å². The van der Waals surface area contributed by atoms with Crippen LogP contribution in [0.5, 0.6) is 0 Å². The van der Waals surface area contributed by atoms with Crippen LogP contribution in [0.25, 0.3) is 0 Å². The average molecular weight is 302 g/mol. The summed E-state index contributed by atoms with van der Waals surface area (Å²) in [5.41, 5.74) is 0.872. The number of likely N-dealkylation sites (tertiary alicyclic amines) is 2. The summed E-state index contributed by atoms with van der Waals surface area (Å²) in [7, 11) is 0. The molecule has 1 aromatic carbocycles. The predicted molar refractivity (Wildman–Crippen MR) is 86.3 cm³/mol. The van der Waals surface area contributed by atoms with E-state index in [0.717, 1.165) is 26.1 Å². The third-order valence-corrected chi connectivity index (χ3v) is 4.50. The van der Waals surface area contributed by atoms with E-state index in [1.165, 1.54) is 12.0 Å². The SMILES string of the molecule is CC(C)(C)OC(=O)N1CC[C@H]2CCN(Cc3ccccc3)[C@H]21. The van der Waals surface area contributed by atoms with Crippen LogP contribution >= 0.6 is 0 Å². The van der Waals surface area contributed by atoms with Gasteiger partial charge in [0.15, 0.2) is 0 Å². The van der Waals surface area contributed by atoms with Crippen LogP contribution in [0.15, 0.2) is 30.3 Å². The number of hydrogen-bond donors (Lipinski definition) is 0. The van der Waals surface area contributed by atoms with Crippen molar-refractivity contribution < 1.29 is 9.53 Å². The van der Waals surface area contributed by atoms with Crippen molar-refractivity contribution in [3.05, 3.63) is 35.9 Å². The molecule has 1 aromatic rings. The Bertz CT molecular complexity index is 524. The maximum Gasteiger partial charge on any atom is 0.411 e. The number of nitrogens with zero attached hydrogens (tertiary/aromatic N) is 2. The predicted octanol–water partition coefficient (Wildman–Crippen LogP) is 3.48. The lowest BCUT2D eigenvalue weighted by molar-refractivity contribution is 0.00322. The minimum atomic E-state index is -0.433. The Morgan fingerprint density at radius 2 is 1.86 bits per heavy atom. The molecule has 1 amide bonds. The highest BCUT2D eigenvalue weighted by Crippen LogP contribution is 2.37. The van der Waals surface area contributed by atoms with E-state index in [0.29, 0.717) is 5.92 Å². The minimum Gasteiger partial charge on any atom is -0.444 e. The summed E-state index contributed by atoms with van der Waals surface area (Å²) in [5.74, 6) is 0.594. The van der Waals surface area contributed by atoms with Crippen LogP contribution in [0.3, 0.4) is 0 Å². The van der Waals surface area contributed by atoms with E-state index in [9.17, 15) is 4.79 Å². The zero-order valence-electron chi connectivity index (χ0n) is 13.8. The summed E-state index contributed by atoms with van der Waals surface area (Å²) >= 11 is 0. The summed E-state index contributed by atoms with van der Waals surface area (Å²) < 4.78 is 5.59. The molecule has 2 fully saturated rings. The number of carbonyl (C=O) groups excluding carboxylic acids is 1. The van der Waals surface area contributed by atoms with E-state index in [2.05, 4.69) is 29.2 Å². The Morgan fingerprint density at radius 1 is 1.18 bits per heavy atom. The summed E-state index contributed by atoms with van der Waals surface area (Å²) in [6.45, 7) is 8.55. The van der Waals surface area contributed by atoms with E-state index in [1.54, 1.807) is 0 Å². The van der Waals surface area contributed by atoms with Gasteiger partial charge in [-0.25, -0.2) is 4.79 Å². The molecule has 4 heteroatoms. The molecule has 0 aliphatic carbocycles. The minimum absolute atomic E-state index is 0.167. The summed E-state index contributed by atoms with van der Waals surface area (Å²) in [6, 6.07) is 10.5. The summed E-state index contributed by atoms with van der Waals surface area (Å²) in [4.78, 5) is 16.8. The normalized spacial score (nSPS) is 25.3. The van der Waals surface area contributed by atoms with Crippen molar-refractivity contribution in [3.63, 3.8) is 0 Å². The van der Waals surface area contributed by atoms with Crippen LogP contribution in [0.2, 0.25) is 0 Å². The molecule has 120 valence electrons. The Kier molecular flexibility index (Phi) is 4.13. The number of hydrogen-bond acceptors (Lipinski definition) is 3. The fourth-order valence-corrected chi connectivity index (χ4v) is 3.60. The third-order valence-electron chi connectivity index (χ3n) is 4.50. The van der Waals surface area contributed by atoms with Crippen molar-refractivity contribution in [1.29, 1.82) is 0 Å². The van der Waals surface area contributed by atoms with Gasteiger partial charge in [0.05, 0.1) is 6.17 Å². The fraction of sp³-hybridized carbons (Fsp3) is 0.611. The molecular formula is C18H26N2O2. The van der Waals surface area contributed by atoms with Crippen LogP contribution in [0.4, 0.5) is 4.79 Å². The molecule has 22 heavy (non-hydrogen) atoms. The highest BCUT2D eigenvalue weighted by atomic mass is 16.6. The van der Waals surface area contributed by atoms with Gasteiger partial charge in [-0.3, -0.25) is 9.80 Å². The van der Waals surface area contributed by atoms with Gasteiger partial charge in [-0.2, -0.15) is 0 Å². The lowest BCUT2D eigenvalue weighted by Gasteiger charge is -2.33.